The third-order valence-electron chi connectivity index (χ3n) is 2.41. The van der Waals surface area contributed by atoms with E-state index in [-0.39, 0.29) is 16.0 Å². The minimum atomic E-state index is -4.05. The number of carbonyl (C=O) groups excluding carboxylic acids is 1. The third kappa shape index (κ3) is 3.27. The topological polar surface area (TPSA) is 89.3 Å². The maximum atomic E-state index is 13.3. The van der Waals surface area contributed by atoms with Crippen molar-refractivity contribution in [1.82, 2.24) is 5.32 Å². The molecule has 1 rings (SSSR count). The summed E-state index contributed by atoms with van der Waals surface area (Å²) < 4.78 is 35.9. The van der Waals surface area contributed by atoms with Gasteiger partial charge in [0.1, 0.15) is 5.82 Å². The Hall–Kier alpha value is -1.47. The SMILES string of the molecule is CCCNC(=O)c1cc(F)cc(S(N)(=O)=O)c1C. The highest BCUT2D eigenvalue weighted by Gasteiger charge is 2.19. The van der Waals surface area contributed by atoms with Crippen LogP contribution in [0.4, 0.5) is 4.39 Å². The maximum Gasteiger partial charge on any atom is 0.251 e. The second-order valence-electron chi connectivity index (χ2n) is 3.88. The van der Waals surface area contributed by atoms with Gasteiger partial charge in [-0.25, -0.2) is 17.9 Å². The number of sulfonamides is 1. The Balaban J connectivity index is 3.30. The number of carbonyl (C=O) groups is 1. The van der Waals surface area contributed by atoms with Gasteiger partial charge < -0.3 is 5.32 Å². The van der Waals surface area contributed by atoms with E-state index in [9.17, 15) is 17.6 Å². The van der Waals surface area contributed by atoms with Crippen LogP contribution in [0.5, 0.6) is 0 Å². The molecule has 100 valence electrons. The Kier molecular flexibility index (Phi) is 4.42. The van der Waals surface area contributed by atoms with Crippen molar-refractivity contribution >= 4 is 15.9 Å². The van der Waals surface area contributed by atoms with Crippen molar-refractivity contribution in [2.45, 2.75) is 25.2 Å². The number of benzene rings is 1. The van der Waals surface area contributed by atoms with Crippen LogP contribution in [-0.4, -0.2) is 20.9 Å². The fourth-order valence-corrected chi connectivity index (χ4v) is 2.33. The van der Waals surface area contributed by atoms with Gasteiger partial charge in [0.05, 0.1) is 4.90 Å². The number of hydrogen-bond donors (Lipinski definition) is 2. The van der Waals surface area contributed by atoms with E-state index in [1.165, 1.54) is 6.92 Å². The average molecular weight is 274 g/mol. The fourth-order valence-electron chi connectivity index (χ4n) is 1.52. The van der Waals surface area contributed by atoms with E-state index in [1.807, 2.05) is 6.92 Å². The van der Waals surface area contributed by atoms with Crippen molar-refractivity contribution in [1.29, 1.82) is 0 Å². The van der Waals surface area contributed by atoms with Gasteiger partial charge in [0.25, 0.3) is 5.91 Å². The van der Waals surface area contributed by atoms with Crippen LogP contribution in [0.2, 0.25) is 0 Å². The summed E-state index contributed by atoms with van der Waals surface area (Å²) in [5.41, 5.74) is 0.125. The van der Waals surface area contributed by atoms with Crippen molar-refractivity contribution in [2.75, 3.05) is 6.54 Å². The molecule has 0 atom stereocenters. The molecule has 0 bridgehead atoms. The third-order valence-corrected chi connectivity index (χ3v) is 3.45. The van der Waals surface area contributed by atoms with Gasteiger partial charge in [-0.2, -0.15) is 0 Å². The van der Waals surface area contributed by atoms with Crippen LogP contribution in [0.3, 0.4) is 0 Å². The van der Waals surface area contributed by atoms with Crippen LogP contribution >= 0.6 is 0 Å². The van der Waals surface area contributed by atoms with Crippen LogP contribution in [0, 0.1) is 12.7 Å². The molecule has 0 aliphatic carbocycles. The molecule has 0 saturated carbocycles. The Morgan fingerprint density at radius 3 is 2.56 bits per heavy atom. The normalized spacial score (nSPS) is 11.3. The van der Waals surface area contributed by atoms with Crippen molar-refractivity contribution in [3.05, 3.63) is 29.1 Å². The quantitative estimate of drug-likeness (QED) is 0.855. The molecule has 0 heterocycles. The second kappa shape index (κ2) is 5.45. The zero-order chi connectivity index (χ0) is 13.9. The maximum absolute atomic E-state index is 13.3. The van der Waals surface area contributed by atoms with Crippen molar-refractivity contribution in [2.24, 2.45) is 5.14 Å². The van der Waals surface area contributed by atoms with Crippen LogP contribution in [-0.2, 0) is 10.0 Å². The second-order valence-corrected chi connectivity index (χ2v) is 5.41. The summed E-state index contributed by atoms with van der Waals surface area (Å²) in [5.74, 6) is -1.33. The van der Waals surface area contributed by atoms with E-state index in [0.717, 1.165) is 18.6 Å². The first-order chi connectivity index (χ1) is 8.27. The van der Waals surface area contributed by atoms with E-state index < -0.39 is 21.7 Å². The van der Waals surface area contributed by atoms with E-state index in [4.69, 9.17) is 5.14 Å². The van der Waals surface area contributed by atoms with Gasteiger partial charge in [0.2, 0.25) is 10.0 Å². The molecule has 0 aliphatic rings. The first-order valence-corrected chi connectivity index (χ1v) is 6.93. The predicted octanol–water partition coefficient (Wildman–Crippen LogP) is 0.921. The van der Waals surface area contributed by atoms with Gasteiger partial charge in [-0.15, -0.1) is 0 Å². The van der Waals surface area contributed by atoms with Crippen molar-refractivity contribution in [3.63, 3.8) is 0 Å². The molecular weight excluding hydrogens is 259 g/mol. The van der Waals surface area contributed by atoms with Gasteiger partial charge >= 0.3 is 0 Å². The molecule has 0 fully saturated rings. The smallest absolute Gasteiger partial charge is 0.251 e. The van der Waals surface area contributed by atoms with Gasteiger partial charge in [-0.1, -0.05) is 6.92 Å². The highest BCUT2D eigenvalue weighted by Crippen LogP contribution is 2.20. The lowest BCUT2D eigenvalue weighted by atomic mass is 10.1. The van der Waals surface area contributed by atoms with E-state index in [1.54, 1.807) is 0 Å². The first-order valence-electron chi connectivity index (χ1n) is 5.38. The lowest BCUT2D eigenvalue weighted by Gasteiger charge is -2.10. The molecule has 0 aromatic heterocycles. The van der Waals surface area contributed by atoms with Crippen LogP contribution in [0.15, 0.2) is 17.0 Å². The number of amides is 1. The molecular formula is C11H15FN2O3S. The predicted molar refractivity (Wildman–Crippen MR) is 65.1 cm³/mol. The Morgan fingerprint density at radius 1 is 1.44 bits per heavy atom. The van der Waals surface area contributed by atoms with Gasteiger partial charge in [0, 0.05) is 12.1 Å². The van der Waals surface area contributed by atoms with Gasteiger partial charge in [0.15, 0.2) is 0 Å². The highest BCUT2D eigenvalue weighted by molar-refractivity contribution is 7.89. The van der Waals surface area contributed by atoms with E-state index in [2.05, 4.69) is 5.32 Å². The summed E-state index contributed by atoms with van der Waals surface area (Å²) >= 11 is 0. The minimum Gasteiger partial charge on any atom is -0.352 e. The summed E-state index contributed by atoms with van der Waals surface area (Å²) in [6, 6.07) is 1.80. The standard InChI is InChI=1S/C11H15FN2O3S/c1-3-4-14-11(15)9-5-8(12)6-10(7(9)2)18(13,16)17/h5-6H,3-4H2,1-2H3,(H,14,15)(H2,13,16,17). The number of rotatable bonds is 4. The molecule has 18 heavy (non-hydrogen) atoms. The van der Waals surface area contributed by atoms with Gasteiger partial charge in [-0.05, 0) is 31.0 Å². The average Bonchev–Trinajstić information content (AvgIpc) is 2.27. The molecule has 0 spiro atoms. The van der Waals surface area contributed by atoms with Crippen LogP contribution < -0.4 is 10.5 Å². The van der Waals surface area contributed by atoms with Crippen molar-refractivity contribution < 1.29 is 17.6 Å². The molecule has 0 saturated heterocycles. The zero-order valence-electron chi connectivity index (χ0n) is 10.2. The summed E-state index contributed by atoms with van der Waals surface area (Å²) in [4.78, 5) is 11.4. The molecule has 0 aliphatic heterocycles. The summed E-state index contributed by atoms with van der Waals surface area (Å²) in [7, 11) is -4.05. The molecule has 3 N–H and O–H groups in total. The lowest BCUT2D eigenvalue weighted by Crippen LogP contribution is -2.26. The summed E-state index contributed by atoms with van der Waals surface area (Å²) in [6.07, 6.45) is 0.724. The molecule has 1 aromatic rings. The summed E-state index contributed by atoms with van der Waals surface area (Å²) in [6.45, 7) is 3.72. The molecule has 0 radical (unpaired) electrons. The largest absolute Gasteiger partial charge is 0.352 e. The Labute approximate surface area is 105 Å². The number of hydrogen-bond acceptors (Lipinski definition) is 3. The minimum absolute atomic E-state index is 0.0209. The number of primary sulfonamides is 1. The fraction of sp³-hybridized carbons (Fsp3) is 0.364. The molecule has 1 amide bonds. The molecule has 1 aromatic carbocycles. The molecule has 7 heteroatoms. The van der Waals surface area contributed by atoms with Crippen LogP contribution in [0.1, 0.15) is 29.3 Å². The number of nitrogens with one attached hydrogen (secondary N) is 1. The van der Waals surface area contributed by atoms with E-state index >= 15 is 0 Å². The Bertz CT molecular complexity index is 570. The summed E-state index contributed by atoms with van der Waals surface area (Å²) in [5, 5.41) is 7.52. The van der Waals surface area contributed by atoms with Gasteiger partial charge in [-0.3, -0.25) is 4.79 Å². The molecule has 5 nitrogen and oxygen atoms in total. The number of halogens is 1. The van der Waals surface area contributed by atoms with Crippen molar-refractivity contribution in [3.8, 4) is 0 Å². The number of nitrogens with two attached hydrogens (primary N) is 1. The monoisotopic (exact) mass is 274 g/mol. The Morgan fingerprint density at radius 2 is 2.06 bits per heavy atom. The van der Waals surface area contributed by atoms with E-state index in [0.29, 0.717) is 6.54 Å². The molecule has 0 unspecified atom stereocenters. The first kappa shape index (κ1) is 14.6. The lowest BCUT2D eigenvalue weighted by molar-refractivity contribution is 0.0952. The zero-order valence-corrected chi connectivity index (χ0v) is 11.0. The van der Waals surface area contributed by atoms with Crippen LogP contribution in [0.25, 0.3) is 0 Å². The highest BCUT2D eigenvalue weighted by atomic mass is 32.2.